The summed E-state index contributed by atoms with van der Waals surface area (Å²) < 4.78 is 7.47. The monoisotopic (exact) mass is 387 g/mol. The van der Waals surface area contributed by atoms with Gasteiger partial charge in [0.05, 0.1) is 22.8 Å². The molecule has 0 atom stereocenters. The van der Waals surface area contributed by atoms with Crippen molar-refractivity contribution in [3.8, 4) is 22.7 Å². The van der Waals surface area contributed by atoms with E-state index in [0.717, 1.165) is 59.9 Å². The molecule has 0 amide bonds. The fourth-order valence-corrected chi connectivity index (χ4v) is 3.77. The summed E-state index contributed by atoms with van der Waals surface area (Å²) >= 11 is 12.7. The number of methoxy groups -OCH3 is 1. The largest absolute Gasteiger partial charge is 0.494 e. The molecule has 1 aliphatic heterocycles. The summed E-state index contributed by atoms with van der Waals surface area (Å²) in [5.41, 5.74) is 3.78. The van der Waals surface area contributed by atoms with Crippen molar-refractivity contribution >= 4 is 29.0 Å². The highest BCUT2D eigenvalue weighted by molar-refractivity contribution is 6.43. The van der Waals surface area contributed by atoms with Crippen LogP contribution >= 0.6 is 23.2 Å². The molecule has 1 aliphatic rings. The summed E-state index contributed by atoms with van der Waals surface area (Å²) in [6, 6.07) is 13.5. The number of halogens is 2. The van der Waals surface area contributed by atoms with Crippen molar-refractivity contribution in [1.29, 1.82) is 0 Å². The first-order valence-corrected chi connectivity index (χ1v) is 9.40. The molecule has 2 heterocycles. The predicted molar refractivity (Wildman–Crippen MR) is 107 cm³/mol. The van der Waals surface area contributed by atoms with Crippen LogP contribution in [0.3, 0.4) is 0 Å². The van der Waals surface area contributed by atoms with Gasteiger partial charge in [0.15, 0.2) is 0 Å². The molecule has 0 bridgehead atoms. The fraction of sp³-hybridized carbons (Fsp3) is 0.250. The van der Waals surface area contributed by atoms with Crippen molar-refractivity contribution in [2.75, 3.05) is 19.0 Å². The maximum atomic E-state index is 6.50. The zero-order valence-electron chi connectivity index (χ0n) is 14.4. The van der Waals surface area contributed by atoms with Gasteiger partial charge in [-0.15, -0.1) is 0 Å². The standard InChI is InChI=1S/C20H19Cl2N3O/c1-26-17-11-3-2-10-16(17)25-20-14(7-4-5-12-23-20)19(24-25)13-8-6-9-15(21)18(13)22/h2-3,6,8-11,23H,4-5,7,12H2,1H3. The van der Waals surface area contributed by atoms with Crippen molar-refractivity contribution in [1.82, 2.24) is 9.78 Å². The van der Waals surface area contributed by atoms with Gasteiger partial charge in [-0.1, -0.05) is 47.5 Å². The molecule has 3 aromatic rings. The Morgan fingerprint density at radius 1 is 1.08 bits per heavy atom. The number of nitrogens with zero attached hydrogens (tertiary/aromatic N) is 2. The van der Waals surface area contributed by atoms with Gasteiger partial charge in [-0.3, -0.25) is 0 Å². The average Bonchev–Trinajstić information content (AvgIpc) is 2.85. The molecule has 0 fully saturated rings. The normalized spacial score (nSPS) is 13.7. The first-order chi connectivity index (χ1) is 12.7. The molecular formula is C20H19Cl2N3O. The topological polar surface area (TPSA) is 39.1 Å². The molecule has 26 heavy (non-hydrogen) atoms. The van der Waals surface area contributed by atoms with Crippen LogP contribution in [0.1, 0.15) is 18.4 Å². The van der Waals surface area contributed by atoms with Gasteiger partial charge in [-0.2, -0.15) is 5.10 Å². The number of fused-ring (bicyclic) bond motifs is 1. The van der Waals surface area contributed by atoms with Crippen molar-refractivity contribution in [3.05, 3.63) is 58.1 Å². The predicted octanol–water partition coefficient (Wildman–Crippen LogP) is 5.60. The Morgan fingerprint density at radius 3 is 2.77 bits per heavy atom. The third-order valence-electron chi connectivity index (χ3n) is 4.65. The van der Waals surface area contributed by atoms with Crippen LogP contribution in [0.2, 0.25) is 10.0 Å². The molecule has 1 N–H and O–H groups in total. The molecule has 4 nitrogen and oxygen atoms in total. The van der Waals surface area contributed by atoms with Gasteiger partial charge in [0.25, 0.3) is 0 Å². The van der Waals surface area contributed by atoms with Crippen LogP contribution in [0.4, 0.5) is 5.82 Å². The molecule has 0 spiro atoms. The number of aromatic nitrogens is 2. The van der Waals surface area contributed by atoms with Crippen LogP contribution < -0.4 is 10.1 Å². The number of hydrogen-bond donors (Lipinski definition) is 1. The van der Waals surface area contributed by atoms with Crippen LogP contribution in [0.15, 0.2) is 42.5 Å². The van der Waals surface area contributed by atoms with Gasteiger partial charge in [0.2, 0.25) is 0 Å². The maximum absolute atomic E-state index is 6.50. The second kappa shape index (κ2) is 7.22. The summed E-state index contributed by atoms with van der Waals surface area (Å²) in [4.78, 5) is 0. The van der Waals surface area contributed by atoms with Gasteiger partial charge in [0.1, 0.15) is 17.3 Å². The average molecular weight is 388 g/mol. The van der Waals surface area contributed by atoms with E-state index in [1.165, 1.54) is 0 Å². The van der Waals surface area contributed by atoms with E-state index in [1.54, 1.807) is 13.2 Å². The lowest BCUT2D eigenvalue weighted by Gasteiger charge is -2.12. The van der Waals surface area contributed by atoms with E-state index in [0.29, 0.717) is 10.0 Å². The highest BCUT2D eigenvalue weighted by Crippen LogP contribution is 2.40. The van der Waals surface area contributed by atoms with Crippen LogP contribution in [-0.2, 0) is 6.42 Å². The van der Waals surface area contributed by atoms with E-state index < -0.39 is 0 Å². The Kier molecular flexibility index (Phi) is 4.79. The molecule has 1 aromatic heterocycles. The quantitative estimate of drug-likeness (QED) is 0.635. The van der Waals surface area contributed by atoms with Crippen LogP contribution in [0.25, 0.3) is 16.9 Å². The molecular weight excluding hydrogens is 369 g/mol. The molecule has 4 rings (SSSR count). The summed E-state index contributed by atoms with van der Waals surface area (Å²) in [5, 5.41) is 9.52. The number of rotatable bonds is 3. The van der Waals surface area contributed by atoms with Crippen LogP contribution in [-0.4, -0.2) is 23.4 Å². The van der Waals surface area contributed by atoms with Gasteiger partial charge < -0.3 is 10.1 Å². The SMILES string of the molecule is COc1ccccc1-n1nc(-c2cccc(Cl)c2Cl)c2c1NCCCC2. The first-order valence-electron chi connectivity index (χ1n) is 8.64. The summed E-state index contributed by atoms with van der Waals surface area (Å²) in [5.74, 6) is 1.77. The Bertz CT molecular complexity index is 952. The zero-order chi connectivity index (χ0) is 18.1. The molecule has 6 heteroatoms. The molecule has 0 aliphatic carbocycles. The Hall–Kier alpha value is -2.17. The van der Waals surface area contributed by atoms with Gasteiger partial charge in [-0.25, -0.2) is 4.68 Å². The summed E-state index contributed by atoms with van der Waals surface area (Å²) in [7, 11) is 1.67. The third kappa shape index (κ3) is 2.93. The van der Waals surface area contributed by atoms with E-state index in [9.17, 15) is 0 Å². The maximum Gasteiger partial charge on any atom is 0.144 e. The van der Waals surface area contributed by atoms with E-state index in [2.05, 4.69) is 5.32 Å². The van der Waals surface area contributed by atoms with Gasteiger partial charge in [-0.05, 0) is 37.5 Å². The van der Waals surface area contributed by atoms with E-state index in [4.69, 9.17) is 33.0 Å². The minimum absolute atomic E-state index is 0.533. The van der Waals surface area contributed by atoms with Crippen LogP contribution in [0.5, 0.6) is 5.75 Å². The lowest BCUT2D eigenvalue weighted by atomic mass is 10.0. The summed E-state index contributed by atoms with van der Waals surface area (Å²) in [6.07, 6.45) is 3.15. The third-order valence-corrected chi connectivity index (χ3v) is 5.47. The smallest absolute Gasteiger partial charge is 0.144 e. The second-order valence-electron chi connectivity index (χ2n) is 6.24. The Balaban J connectivity index is 1.97. The molecule has 134 valence electrons. The molecule has 0 unspecified atom stereocenters. The number of nitrogens with one attached hydrogen (secondary N) is 1. The molecule has 0 radical (unpaired) electrons. The van der Waals surface area contributed by atoms with E-state index in [-0.39, 0.29) is 0 Å². The van der Waals surface area contributed by atoms with Gasteiger partial charge in [0, 0.05) is 17.7 Å². The first kappa shape index (κ1) is 17.3. The molecule has 0 saturated carbocycles. The van der Waals surface area contributed by atoms with E-state index in [1.807, 2.05) is 41.1 Å². The number of para-hydroxylation sites is 2. The Labute approximate surface area is 162 Å². The minimum atomic E-state index is 0.533. The zero-order valence-corrected chi connectivity index (χ0v) is 15.9. The molecule has 0 saturated heterocycles. The lowest BCUT2D eigenvalue weighted by Crippen LogP contribution is -2.08. The number of ether oxygens (including phenoxy) is 1. The van der Waals surface area contributed by atoms with Crippen molar-refractivity contribution in [2.24, 2.45) is 0 Å². The van der Waals surface area contributed by atoms with Crippen LogP contribution in [0, 0.1) is 0 Å². The summed E-state index contributed by atoms with van der Waals surface area (Å²) in [6.45, 7) is 0.913. The van der Waals surface area contributed by atoms with E-state index >= 15 is 0 Å². The number of anilines is 1. The van der Waals surface area contributed by atoms with Crippen molar-refractivity contribution in [3.63, 3.8) is 0 Å². The minimum Gasteiger partial charge on any atom is -0.494 e. The highest BCUT2D eigenvalue weighted by Gasteiger charge is 2.24. The van der Waals surface area contributed by atoms with Crippen molar-refractivity contribution < 1.29 is 4.74 Å². The second-order valence-corrected chi connectivity index (χ2v) is 7.03. The fourth-order valence-electron chi connectivity index (χ4n) is 3.38. The lowest BCUT2D eigenvalue weighted by molar-refractivity contribution is 0.412. The number of hydrogen-bond acceptors (Lipinski definition) is 3. The Morgan fingerprint density at radius 2 is 1.92 bits per heavy atom. The van der Waals surface area contributed by atoms with Crippen molar-refractivity contribution in [2.45, 2.75) is 19.3 Å². The number of benzene rings is 2. The van der Waals surface area contributed by atoms with Gasteiger partial charge >= 0.3 is 0 Å². The molecule has 2 aromatic carbocycles. The highest BCUT2D eigenvalue weighted by atomic mass is 35.5.